The fourth-order valence-electron chi connectivity index (χ4n) is 3.16. The van der Waals surface area contributed by atoms with Gasteiger partial charge in [0.1, 0.15) is 6.61 Å². The van der Waals surface area contributed by atoms with E-state index in [9.17, 15) is 9.59 Å². The van der Waals surface area contributed by atoms with Crippen molar-refractivity contribution in [1.82, 2.24) is 0 Å². The van der Waals surface area contributed by atoms with E-state index in [1.165, 1.54) is 24.0 Å². The summed E-state index contributed by atoms with van der Waals surface area (Å²) < 4.78 is 15.3. The molecule has 0 saturated carbocycles. The Kier molecular flexibility index (Phi) is 26.5. The van der Waals surface area contributed by atoms with Crippen LogP contribution in [0, 0.1) is 11.8 Å². The zero-order chi connectivity index (χ0) is 33.1. The average Bonchev–Trinajstić information content (AvgIpc) is 3.04. The van der Waals surface area contributed by atoms with Gasteiger partial charge < -0.3 is 19.3 Å². The van der Waals surface area contributed by atoms with Crippen LogP contribution < -0.4 is 0 Å². The number of ether oxygens (including phenoxy) is 3. The van der Waals surface area contributed by atoms with Gasteiger partial charge in [0.2, 0.25) is 0 Å². The van der Waals surface area contributed by atoms with E-state index in [0.29, 0.717) is 44.4 Å². The Morgan fingerprint density at radius 1 is 0.698 bits per heavy atom. The van der Waals surface area contributed by atoms with Crippen molar-refractivity contribution in [3.8, 4) is 0 Å². The molecule has 0 bridgehead atoms. The van der Waals surface area contributed by atoms with Gasteiger partial charge in [0.25, 0.3) is 0 Å². The molecule has 43 heavy (non-hydrogen) atoms. The van der Waals surface area contributed by atoms with Crippen LogP contribution in [0.25, 0.3) is 0 Å². The lowest BCUT2D eigenvalue weighted by Gasteiger charge is -2.22. The van der Waals surface area contributed by atoms with Crippen molar-refractivity contribution < 1.29 is 28.9 Å². The van der Waals surface area contributed by atoms with Crippen molar-refractivity contribution in [2.24, 2.45) is 11.8 Å². The molecule has 2 rings (SSSR count). The second-order valence-electron chi connectivity index (χ2n) is 11.3. The second kappa shape index (κ2) is 26.9. The Morgan fingerprint density at radius 3 is 1.60 bits per heavy atom. The number of carbonyl (C=O) groups is 2. The van der Waals surface area contributed by atoms with Crippen LogP contribution >= 0.6 is 0 Å². The molecule has 0 radical (unpaired) electrons. The minimum atomic E-state index is -0.706. The number of carboxylic acids is 1. The quantitative estimate of drug-likeness (QED) is 0.162. The minimum absolute atomic E-state index is 0.0200. The van der Waals surface area contributed by atoms with Crippen LogP contribution in [0.3, 0.4) is 0 Å². The topological polar surface area (TPSA) is 82.1 Å². The van der Waals surface area contributed by atoms with Crippen LogP contribution in [0.4, 0.5) is 0 Å². The summed E-state index contributed by atoms with van der Waals surface area (Å²) in [6.07, 6.45) is 3.94. The Labute approximate surface area is 263 Å². The normalized spacial score (nSPS) is 12.5. The Hall–Kier alpha value is -2.70. The van der Waals surface area contributed by atoms with E-state index in [2.05, 4.69) is 95.3 Å². The Balaban J connectivity index is 0. The maximum atomic E-state index is 11.2. The number of hydrogen-bond acceptors (Lipinski definition) is 5. The molecule has 6 nitrogen and oxygen atoms in total. The van der Waals surface area contributed by atoms with E-state index >= 15 is 0 Å². The molecular weight excluding hydrogens is 540 g/mol. The van der Waals surface area contributed by atoms with E-state index in [-0.39, 0.29) is 17.8 Å². The average molecular weight is 603 g/mol. The number of carbonyl (C=O) groups excluding carboxylic acids is 1. The molecule has 0 aliphatic heterocycles. The molecule has 0 saturated heterocycles. The number of aliphatic carboxylic acids is 1. The highest BCUT2D eigenvalue weighted by atomic mass is 16.6. The summed E-state index contributed by atoms with van der Waals surface area (Å²) in [6.45, 7) is 23.2. The van der Waals surface area contributed by atoms with Gasteiger partial charge in [0.05, 0.1) is 31.7 Å². The molecule has 0 fully saturated rings. The molecule has 3 unspecified atom stereocenters. The van der Waals surface area contributed by atoms with Gasteiger partial charge in [-0.1, -0.05) is 123 Å². The minimum Gasteiger partial charge on any atom is -0.481 e. The summed E-state index contributed by atoms with van der Waals surface area (Å²) in [5.41, 5.74) is 3.22. The molecule has 6 heteroatoms. The van der Waals surface area contributed by atoms with Crippen LogP contribution in [-0.2, 0) is 29.2 Å². The highest BCUT2D eigenvalue weighted by Crippen LogP contribution is 2.25. The first-order valence-electron chi connectivity index (χ1n) is 16.1. The van der Waals surface area contributed by atoms with Gasteiger partial charge in [-0.05, 0) is 55.1 Å². The molecular formula is C37H62O6. The zero-order valence-corrected chi connectivity index (χ0v) is 28.9. The highest BCUT2D eigenvalue weighted by molar-refractivity contribution is 5.71. The molecule has 0 aliphatic rings. The molecule has 1 N–H and O–H groups in total. The molecule has 0 heterocycles. The zero-order valence-electron chi connectivity index (χ0n) is 28.9. The lowest BCUT2D eigenvalue weighted by Crippen LogP contribution is -2.17. The van der Waals surface area contributed by atoms with Crippen LogP contribution in [0.15, 0.2) is 60.7 Å². The third-order valence-corrected chi connectivity index (χ3v) is 7.52. The third-order valence-electron chi connectivity index (χ3n) is 7.52. The maximum Gasteiger partial charge on any atom is 0.308 e. The Bertz CT molecular complexity index is 913. The third kappa shape index (κ3) is 22.5. The number of esters is 1. The highest BCUT2D eigenvalue weighted by Gasteiger charge is 2.16. The molecule has 2 aromatic rings. The summed E-state index contributed by atoms with van der Waals surface area (Å²) in [5, 5.41) is 8.18. The van der Waals surface area contributed by atoms with Crippen molar-refractivity contribution in [2.75, 3.05) is 33.0 Å². The first-order valence-corrected chi connectivity index (χ1v) is 16.1. The SMILES string of the molecule is CCC(C)(C)c1ccccc1.CCC(C)C(=O)O.CCC(C)c1ccccc1.CCOCCOCCOC(=O)C(C)CC. The van der Waals surface area contributed by atoms with Crippen molar-refractivity contribution in [3.05, 3.63) is 71.8 Å². The van der Waals surface area contributed by atoms with Gasteiger partial charge in [-0.2, -0.15) is 0 Å². The van der Waals surface area contributed by atoms with Crippen LogP contribution in [0.2, 0.25) is 0 Å². The molecule has 2 aromatic carbocycles. The van der Waals surface area contributed by atoms with Crippen LogP contribution in [-0.4, -0.2) is 50.1 Å². The van der Waals surface area contributed by atoms with Crippen molar-refractivity contribution in [1.29, 1.82) is 0 Å². The summed E-state index contributed by atoms with van der Waals surface area (Å²) in [4.78, 5) is 21.1. The summed E-state index contributed by atoms with van der Waals surface area (Å²) >= 11 is 0. The van der Waals surface area contributed by atoms with Gasteiger partial charge in [-0.15, -0.1) is 0 Å². The van der Waals surface area contributed by atoms with Gasteiger partial charge in [0.15, 0.2) is 0 Å². The standard InChI is InChI=1S/C11H22O4.C11H16.C10H14.C5H10O2/c1-4-10(3)11(12)15-9-8-14-7-6-13-5-2;1-4-11(2,3)10-8-6-5-7-9-10;1-3-9(2)10-7-5-4-6-8-10;1-3-4(2)5(6)7/h10H,4-9H2,1-3H3;5-9H,4H2,1-3H3;4-9H,3H2,1-2H3;4H,3H2,1-2H3,(H,6,7). The van der Waals surface area contributed by atoms with E-state index in [0.717, 1.165) is 12.8 Å². The summed E-state index contributed by atoms with van der Waals surface area (Å²) in [6, 6.07) is 21.3. The predicted octanol–water partition coefficient (Wildman–Crippen LogP) is 9.32. The lowest BCUT2D eigenvalue weighted by molar-refractivity contribution is -0.149. The number of rotatable bonds is 15. The van der Waals surface area contributed by atoms with Crippen LogP contribution in [0.1, 0.15) is 112 Å². The fourth-order valence-corrected chi connectivity index (χ4v) is 3.16. The molecule has 246 valence electrons. The van der Waals surface area contributed by atoms with Gasteiger partial charge in [-0.3, -0.25) is 9.59 Å². The number of carboxylic acid groups (broad SMARTS) is 1. The summed E-state index contributed by atoms with van der Waals surface area (Å²) in [7, 11) is 0. The lowest BCUT2D eigenvalue weighted by atomic mass is 9.82. The largest absolute Gasteiger partial charge is 0.481 e. The van der Waals surface area contributed by atoms with E-state index < -0.39 is 5.97 Å². The van der Waals surface area contributed by atoms with Crippen LogP contribution in [0.5, 0.6) is 0 Å². The monoisotopic (exact) mass is 602 g/mol. The first-order chi connectivity index (χ1) is 20.4. The van der Waals surface area contributed by atoms with Gasteiger partial charge in [0, 0.05) is 6.61 Å². The smallest absolute Gasteiger partial charge is 0.308 e. The fraction of sp³-hybridized carbons (Fsp3) is 0.622. The molecule has 3 atom stereocenters. The second-order valence-corrected chi connectivity index (χ2v) is 11.3. The maximum absolute atomic E-state index is 11.2. The van der Waals surface area contributed by atoms with Crippen molar-refractivity contribution in [3.63, 3.8) is 0 Å². The number of benzene rings is 2. The molecule has 0 amide bonds. The van der Waals surface area contributed by atoms with E-state index in [1.54, 1.807) is 6.92 Å². The predicted molar refractivity (Wildman–Crippen MR) is 180 cm³/mol. The van der Waals surface area contributed by atoms with E-state index in [1.807, 2.05) is 27.7 Å². The van der Waals surface area contributed by atoms with E-state index in [4.69, 9.17) is 19.3 Å². The summed E-state index contributed by atoms with van der Waals surface area (Å²) in [5.74, 6) is -0.344. The van der Waals surface area contributed by atoms with Crippen molar-refractivity contribution in [2.45, 2.75) is 106 Å². The van der Waals surface area contributed by atoms with Crippen molar-refractivity contribution >= 4 is 11.9 Å². The van der Waals surface area contributed by atoms with Gasteiger partial charge >= 0.3 is 11.9 Å². The molecule has 0 aromatic heterocycles. The Morgan fingerprint density at radius 2 is 1.19 bits per heavy atom. The molecule has 0 spiro atoms. The molecule has 0 aliphatic carbocycles. The van der Waals surface area contributed by atoms with Gasteiger partial charge in [-0.25, -0.2) is 0 Å². The number of hydrogen-bond donors (Lipinski definition) is 1. The first kappa shape index (κ1) is 42.4.